The Hall–Kier alpha value is -2.52. The second kappa shape index (κ2) is 14.0. The summed E-state index contributed by atoms with van der Waals surface area (Å²) >= 11 is 0. The average molecular weight is 482 g/mol. The molecule has 0 aliphatic heterocycles. The molecule has 0 aromatic rings. The molecule has 10 heteroatoms. The highest BCUT2D eigenvalue weighted by Gasteiger charge is 2.32. The fourth-order valence-corrected chi connectivity index (χ4v) is 4.81. The van der Waals surface area contributed by atoms with Crippen molar-refractivity contribution in [3.63, 3.8) is 0 Å². The highest BCUT2D eigenvalue weighted by molar-refractivity contribution is 5.81. The van der Waals surface area contributed by atoms with E-state index < -0.39 is 18.1 Å². The fraction of sp³-hybridized carbons (Fsp3) is 0.833. The molecule has 2 saturated carbocycles. The lowest BCUT2D eigenvalue weighted by Gasteiger charge is -2.33. The predicted octanol–water partition coefficient (Wildman–Crippen LogP) is 2.20. The van der Waals surface area contributed by atoms with Crippen LogP contribution >= 0.6 is 0 Å². The molecule has 2 aliphatic carbocycles. The Bertz CT molecular complexity index is 702. The van der Waals surface area contributed by atoms with Gasteiger partial charge in [0.1, 0.15) is 6.04 Å². The molecule has 6 N–H and O–H groups in total. The Morgan fingerprint density at radius 1 is 1.03 bits per heavy atom. The van der Waals surface area contributed by atoms with Gasteiger partial charge in [0, 0.05) is 12.0 Å². The summed E-state index contributed by atoms with van der Waals surface area (Å²) in [5, 5.41) is 5.88. The third-order valence-corrected chi connectivity index (χ3v) is 6.52. The molecule has 0 aromatic heterocycles. The van der Waals surface area contributed by atoms with Crippen LogP contribution in [0.1, 0.15) is 78.6 Å². The van der Waals surface area contributed by atoms with Gasteiger partial charge in [-0.1, -0.05) is 20.3 Å². The van der Waals surface area contributed by atoms with Crippen LogP contribution in [-0.2, 0) is 19.1 Å². The first kappa shape index (κ1) is 27.7. The molecule has 10 nitrogen and oxygen atoms in total. The summed E-state index contributed by atoms with van der Waals surface area (Å²) in [5.74, 6) is 0.129. The van der Waals surface area contributed by atoms with E-state index in [4.69, 9.17) is 20.9 Å². The molecule has 0 radical (unpaired) electrons. The number of nitrogens with two attached hydrogens (primary N) is 2. The topological polar surface area (TPSA) is 158 Å². The van der Waals surface area contributed by atoms with E-state index in [2.05, 4.69) is 15.6 Å². The number of amides is 2. The van der Waals surface area contributed by atoms with Gasteiger partial charge in [0.15, 0.2) is 5.96 Å². The van der Waals surface area contributed by atoms with Crippen molar-refractivity contribution in [2.24, 2.45) is 34.2 Å². The van der Waals surface area contributed by atoms with Gasteiger partial charge in [-0.2, -0.15) is 0 Å². The normalized spacial score (nSPS) is 25.6. The Labute approximate surface area is 203 Å². The number of carbonyl (C=O) groups is 3. The molecule has 0 spiro atoms. The van der Waals surface area contributed by atoms with E-state index >= 15 is 0 Å². The summed E-state index contributed by atoms with van der Waals surface area (Å²) in [4.78, 5) is 41.5. The van der Waals surface area contributed by atoms with E-state index in [-0.39, 0.29) is 48.3 Å². The van der Waals surface area contributed by atoms with Gasteiger partial charge >= 0.3 is 12.1 Å². The first-order chi connectivity index (χ1) is 16.2. The van der Waals surface area contributed by atoms with Crippen molar-refractivity contribution in [1.82, 2.24) is 10.6 Å². The maximum Gasteiger partial charge on any atom is 0.407 e. The Balaban J connectivity index is 1.81. The minimum absolute atomic E-state index is 0.0183. The van der Waals surface area contributed by atoms with Crippen LogP contribution in [0.4, 0.5) is 4.79 Å². The van der Waals surface area contributed by atoms with Gasteiger partial charge in [0.25, 0.3) is 0 Å². The Kier molecular flexibility index (Phi) is 11.4. The van der Waals surface area contributed by atoms with Gasteiger partial charge in [-0.15, -0.1) is 0 Å². The molecule has 2 rings (SSSR count). The van der Waals surface area contributed by atoms with E-state index in [1.54, 1.807) is 6.92 Å². The fourth-order valence-electron chi connectivity index (χ4n) is 4.81. The molecule has 34 heavy (non-hydrogen) atoms. The molecule has 0 bridgehead atoms. The zero-order valence-corrected chi connectivity index (χ0v) is 20.9. The number of nitrogens with one attached hydrogen (secondary N) is 2. The third-order valence-electron chi connectivity index (χ3n) is 6.52. The van der Waals surface area contributed by atoms with Crippen molar-refractivity contribution < 1.29 is 23.9 Å². The van der Waals surface area contributed by atoms with Crippen LogP contribution in [0.3, 0.4) is 0 Å². The van der Waals surface area contributed by atoms with Crippen LogP contribution in [0, 0.1) is 17.8 Å². The number of carbonyl (C=O) groups excluding carboxylic acids is 3. The lowest BCUT2D eigenvalue weighted by molar-refractivity contribution is -0.146. The number of nitrogens with zero attached hydrogens (tertiary/aromatic N) is 1. The third kappa shape index (κ3) is 9.77. The summed E-state index contributed by atoms with van der Waals surface area (Å²) in [6.45, 7) is 6.18. The predicted molar refractivity (Wildman–Crippen MR) is 130 cm³/mol. The van der Waals surface area contributed by atoms with Crippen LogP contribution in [0.25, 0.3) is 0 Å². The molecule has 2 amide bonds. The zero-order valence-electron chi connectivity index (χ0n) is 20.9. The SMILES string of the molecule is CCOC(=O)C(CC1CCC(NC(=O)C2CCCC(N=C(N)N)C2)CC1)NC(=O)OCC(C)C. The van der Waals surface area contributed by atoms with Gasteiger partial charge in [-0.05, 0) is 70.1 Å². The van der Waals surface area contributed by atoms with E-state index in [1.807, 2.05) is 13.8 Å². The summed E-state index contributed by atoms with van der Waals surface area (Å²) in [5.41, 5.74) is 11.0. The maximum absolute atomic E-state index is 12.8. The van der Waals surface area contributed by atoms with Gasteiger partial charge in [0.2, 0.25) is 5.91 Å². The van der Waals surface area contributed by atoms with Crippen molar-refractivity contribution in [2.45, 2.75) is 96.7 Å². The summed E-state index contributed by atoms with van der Waals surface area (Å²) < 4.78 is 10.3. The number of hydrogen-bond acceptors (Lipinski definition) is 6. The van der Waals surface area contributed by atoms with Crippen molar-refractivity contribution in [3.8, 4) is 0 Å². The molecular formula is C24H43N5O5. The molecule has 2 fully saturated rings. The molecule has 0 heterocycles. The van der Waals surface area contributed by atoms with Crippen LogP contribution in [0.15, 0.2) is 4.99 Å². The Morgan fingerprint density at radius 3 is 2.35 bits per heavy atom. The zero-order chi connectivity index (χ0) is 25.1. The molecule has 194 valence electrons. The number of esters is 1. The van der Waals surface area contributed by atoms with Gasteiger partial charge in [-0.3, -0.25) is 9.79 Å². The van der Waals surface area contributed by atoms with Gasteiger partial charge in [0.05, 0.1) is 19.3 Å². The summed E-state index contributed by atoms with van der Waals surface area (Å²) in [7, 11) is 0. The van der Waals surface area contributed by atoms with Crippen LogP contribution < -0.4 is 22.1 Å². The minimum Gasteiger partial charge on any atom is -0.464 e. The van der Waals surface area contributed by atoms with Crippen LogP contribution in [0.5, 0.6) is 0 Å². The smallest absolute Gasteiger partial charge is 0.407 e. The molecule has 0 saturated heterocycles. The quantitative estimate of drug-likeness (QED) is 0.211. The lowest BCUT2D eigenvalue weighted by atomic mass is 9.81. The number of aliphatic imine (C=N–C) groups is 1. The van der Waals surface area contributed by atoms with E-state index in [0.717, 1.165) is 44.9 Å². The average Bonchev–Trinajstić information content (AvgIpc) is 2.78. The number of hydrogen-bond donors (Lipinski definition) is 4. The maximum atomic E-state index is 12.8. The summed E-state index contributed by atoms with van der Waals surface area (Å²) in [6.07, 6.45) is 6.70. The first-order valence-corrected chi connectivity index (χ1v) is 12.7. The number of guanidine groups is 1. The molecule has 0 aromatic carbocycles. The number of alkyl carbamates (subject to hydrolysis) is 1. The second-order valence-electron chi connectivity index (χ2n) is 9.97. The molecule has 3 unspecified atom stereocenters. The lowest BCUT2D eigenvalue weighted by Crippen LogP contribution is -2.45. The van der Waals surface area contributed by atoms with Crippen LogP contribution in [-0.4, -0.2) is 55.3 Å². The minimum atomic E-state index is -0.731. The molecule has 2 aliphatic rings. The number of rotatable bonds is 10. The largest absolute Gasteiger partial charge is 0.464 e. The second-order valence-corrected chi connectivity index (χ2v) is 9.97. The monoisotopic (exact) mass is 481 g/mol. The van der Waals surface area contributed by atoms with Crippen molar-refractivity contribution in [3.05, 3.63) is 0 Å². The number of ether oxygens (including phenoxy) is 2. The van der Waals surface area contributed by atoms with Gasteiger partial charge < -0.3 is 31.6 Å². The van der Waals surface area contributed by atoms with Crippen molar-refractivity contribution >= 4 is 23.9 Å². The Morgan fingerprint density at radius 2 is 1.74 bits per heavy atom. The molecule has 3 atom stereocenters. The van der Waals surface area contributed by atoms with E-state index in [1.165, 1.54) is 0 Å². The van der Waals surface area contributed by atoms with Gasteiger partial charge in [-0.25, -0.2) is 9.59 Å². The summed E-state index contributed by atoms with van der Waals surface area (Å²) in [6, 6.07) is -0.590. The van der Waals surface area contributed by atoms with E-state index in [9.17, 15) is 14.4 Å². The highest BCUT2D eigenvalue weighted by atomic mass is 16.6. The standard InChI is InChI=1S/C24H43N5O5/c1-4-33-22(31)20(29-24(32)34-14-15(2)3)12-16-8-10-18(11-9-16)27-21(30)17-6-5-7-19(13-17)28-23(25)26/h15-20H,4-14H2,1-3H3,(H,27,30)(H,29,32)(H4,25,26,28). The van der Waals surface area contributed by atoms with Crippen LogP contribution in [0.2, 0.25) is 0 Å². The van der Waals surface area contributed by atoms with E-state index in [0.29, 0.717) is 19.4 Å². The van der Waals surface area contributed by atoms with Crippen molar-refractivity contribution in [2.75, 3.05) is 13.2 Å². The highest BCUT2D eigenvalue weighted by Crippen LogP contribution is 2.30. The first-order valence-electron chi connectivity index (χ1n) is 12.7. The molecular weight excluding hydrogens is 438 g/mol. The van der Waals surface area contributed by atoms with Crippen molar-refractivity contribution in [1.29, 1.82) is 0 Å².